The van der Waals surface area contributed by atoms with Crippen molar-refractivity contribution in [1.82, 2.24) is 20.4 Å². The summed E-state index contributed by atoms with van der Waals surface area (Å²) >= 11 is 0. The summed E-state index contributed by atoms with van der Waals surface area (Å²) in [6.45, 7) is 6.87. The van der Waals surface area contributed by atoms with Crippen molar-refractivity contribution in [2.24, 2.45) is 0 Å². The fraction of sp³-hybridized carbons (Fsp3) is 0.419. The molecule has 0 aromatic heterocycles. The zero-order valence-corrected chi connectivity index (χ0v) is 24.1. The van der Waals surface area contributed by atoms with E-state index in [1.165, 1.54) is 12.1 Å². The van der Waals surface area contributed by atoms with E-state index >= 15 is 0 Å². The lowest BCUT2D eigenvalue weighted by molar-refractivity contribution is -0.384. The van der Waals surface area contributed by atoms with Gasteiger partial charge in [-0.05, 0) is 50.8 Å². The molecule has 11 heteroatoms. The van der Waals surface area contributed by atoms with Gasteiger partial charge in [-0.15, -0.1) is 0 Å². The predicted molar refractivity (Wildman–Crippen MR) is 158 cm³/mol. The van der Waals surface area contributed by atoms with Crippen molar-refractivity contribution in [2.45, 2.75) is 44.6 Å². The van der Waals surface area contributed by atoms with Crippen LogP contribution in [0.15, 0.2) is 77.4 Å². The summed E-state index contributed by atoms with van der Waals surface area (Å²) in [5.74, 6) is -0.493. The fourth-order valence-corrected chi connectivity index (χ4v) is 6.06. The van der Waals surface area contributed by atoms with Gasteiger partial charge in [0, 0.05) is 43.2 Å². The molecule has 2 aliphatic heterocycles. The number of amides is 2. The molecular formula is C31H39N5O6. The Morgan fingerprint density at radius 2 is 1.81 bits per heavy atom. The third-order valence-electron chi connectivity index (χ3n) is 8.12. The molecule has 4 rings (SSSR count). The number of benzene rings is 2. The number of nitro groups is 1. The van der Waals surface area contributed by atoms with Crippen LogP contribution in [0.1, 0.15) is 50.2 Å². The van der Waals surface area contributed by atoms with Crippen LogP contribution >= 0.6 is 0 Å². The van der Waals surface area contributed by atoms with E-state index in [1.54, 1.807) is 17.0 Å². The SMILES string of the molecule is CC1=C(NC=O)C(c2ccc([N+](=O)[O-])cc2)C(N(C=O)CCCN2CCC(OCCO)(c3ccccc3)CC2)=C(C)N1. The summed E-state index contributed by atoms with van der Waals surface area (Å²) < 4.78 is 6.20. The number of hydrogen-bond donors (Lipinski definition) is 3. The topological polar surface area (TPSA) is 137 Å². The number of aliphatic hydroxyl groups excluding tert-OH is 1. The molecule has 1 atom stereocenters. The maximum atomic E-state index is 12.5. The Morgan fingerprint density at radius 1 is 1.12 bits per heavy atom. The summed E-state index contributed by atoms with van der Waals surface area (Å²) in [5, 5.41) is 26.7. The first-order valence-corrected chi connectivity index (χ1v) is 14.2. The summed E-state index contributed by atoms with van der Waals surface area (Å²) in [7, 11) is 0. The van der Waals surface area contributed by atoms with E-state index < -0.39 is 16.4 Å². The third-order valence-corrected chi connectivity index (χ3v) is 8.12. The van der Waals surface area contributed by atoms with Crippen LogP contribution in [0, 0.1) is 10.1 Å². The second kappa shape index (κ2) is 14.2. The summed E-state index contributed by atoms with van der Waals surface area (Å²) in [4.78, 5) is 38.8. The molecule has 0 bridgehead atoms. The highest BCUT2D eigenvalue weighted by Gasteiger charge is 2.37. The minimum Gasteiger partial charge on any atom is -0.394 e. The maximum absolute atomic E-state index is 12.5. The molecule has 2 aromatic carbocycles. The van der Waals surface area contributed by atoms with Gasteiger partial charge in [0.2, 0.25) is 12.8 Å². The number of rotatable bonds is 14. The smallest absolute Gasteiger partial charge is 0.269 e. The Balaban J connectivity index is 1.46. The molecule has 0 spiro atoms. The first-order chi connectivity index (χ1) is 20.3. The fourth-order valence-electron chi connectivity index (χ4n) is 6.06. The lowest BCUT2D eigenvalue weighted by Gasteiger charge is -2.42. The van der Waals surface area contributed by atoms with Crippen LogP contribution in [-0.2, 0) is 19.9 Å². The third kappa shape index (κ3) is 6.87. The number of aliphatic hydroxyl groups is 1. The van der Waals surface area contributed by atoms with Gasteiger partial charge in [0.1, 0.15) is 0 Å². The Hall–Kier alpha value is -4.06. The van der Waals surface area contributed by atoms with Gasteiger partial charge in [0.25, 0.3) is 5.69 Å². The number of carbonyl (C=O) groups excluding carboxylic acids is 2. The Kier molecular flexibility index (Phi) is 10.5. The van der Waals surface area contributed by atoms with Gasteiger partial charge in [-0.1, -0.05) is 42.5 Å². The highest BCUT2D eigenvalue weighted by atomic mass is 16.6. The van der Waals surface area contributed by atoms with Gasteiger partial charge in [0.15, 0.2) is 0 Å². The van der Waals surface area contributed by atoms with Crippen LogP contribution in [0.5, 0.6) is 0 Å². The van der Waals surface area contributed by atoms with Gasteiger partial charge in [-0.25, -0.2) is 0 Å². The molecule has 0 saturated carbocycles. The summed E-state index contributed by atoms with van der Waals surface area (Å²) in [6, 6.07) is 16.3. The first kappa shape index (κ1) is 30.9. The van der Waals surface area contributed by atoms with Gasteiger partial charge >= 0.3 is 0 Å². The molecule has 11 nitrogen and oxygen atoms in total. The number of hydrogen-bond acceptors (Lipinski definition) is 8. The number of nitrogens with zero attached hydrogens (tertiary/aromatic N) is 3. The molecule has 1 fully saturated rings. The normalized spacial score (nSPS) is 18.8. The zero-order chi connectivity index (χ0) is 30.1. The van der Waals surface area contributed by atoms with Crippen molar-refractivity contribution in [1.29, 1.82) is 0 Å². The lowest BCUT2D eigenvalue weighted by atomic mass is 9.84. The highest BCUT2D eigenvalue weighted by Crippen LogP contribution is 2.39. The maximum Gasteiger partial charge on any atom is 0.269 e. The van der Waals surface area contributed by atoms with Crippen LogP contribution in [0.3, 0.4) is 0 Å². The van der Waals surface area contributed by atoms with Crippen molar-refractivity contribution in [3.8, 4) is 0 Å². The molecule has 42 heavy (non-hydrogen) atoms. The van der Waals surface area contributed by atoms with E-state index in [4.69, 9.17) is 4.74 Å². The van der Waals surface area contributed by atoms with Gasteiger partial charge in [0.05, 0.1) is 41.1 Å². The van der Waals surface area contributed by atoms with E-state index in [1.807, 2.05) is 32.0 Å². The highest BCUT2D eigenvalue weighted by molar-refractivity contribution is 5.60. The lowest BCUT2D eigenvalue weighted by Crippen LogP contribution is -2.45. The zero-order valence-electron chi connectivity index (χ0n) is 24.1. The average molecular weight is 578 g/mol. The van der Waals surface area contributed by atoms with E-state index in [9.17, 15) is 24.8 Å². The standard InChI is InChI=1S/C31H39N5O6/c1-23-29(32-21-38)28(25-9-11-27(12-10-25)36(40)41)30(24(2)33-23)35(22-39)16-6-15-34-17-13-31(14-18-34,42-20-19-37)26-7-4-3-5-8-26/h3-5,7-12,21-22,28,33,37H,6,13-20H2,1-2H3,(H,32,38). The molecular weight excluding hydrogens is 538 g/mol. The number of dihydropyridines is 1. The first-order valence-electron chi connectivity index (χ1n) is 14.2. The van der Waals surface area contributed by atoms with Crippen LogP contribution in [0.25, 0.3) is 0 Å². The number of nitro benzene ring substituents is 1. The van der Waals surface area contributed by atoms with E-state index in [2.05, 4.69) is 27.7 Å². The summed E-state index contributed by atoms with van der Waals surface area (Å²) in [5.41, 5.74) is 4.17. The van der Waals surface area contributed by atoms with Crippen molar-refractivity contribution >= 4 is 18.5 Å². The molecule has 3 N–H and O–H groups in total. The molecule has 0 aliphatic carbocycles. The quantitative estimate of drug-likeness (QED) is 0.177. The van der Waals surface area contributed by atoms with Crippen LogP contribution in [-0.4, -0.2) is 72.0 Å². The monoisotopic (exact) mass is 577 g/mol. The molecule has 2 aromatic rings. The number of piperidine rings is 1. The van der Waals surface area contributed by atoms with Crippen LogP contribution in [0.2, 0.25) is 0 Å². The number of likely N-dealkylation sites (tertiary alicyclic amines) is 1. The molecule has 1 saturated heterocycles. The minimum atomic E-state index is -0.493. The predicted octanol–water partition coefficient (Wildman–Crippen LogP) is 3.34. The number of nitrogens with one attached hydrogen (secondary N) is 2. The van der Waals surface area contributed by atoms with Crippen LogP contribution < -0.4 is 10.6 Å². The Bertz CT molecular complexity index is 1300. The molecule has 224 valence electrons. The van der Waals surface area contributed by atoms with Gasteiger partial charge in [-0.3, -0.25) is 19.7 Å². The molecule has 2 heterocycles. The van der Waals surface area contributed by atoms with Crippen molar-refractivity contribution in [3.63, 3.8) is 0 Å². The van der Waals surface area contributed by atoms with E-state index in [0.29, 0.717) is 24.3 Å². The van der Waals surface area contributed by atoms with Crippen molar-refractivity contribution in [3.05, 3.63) is 98.6 Å². The number of ether oxygens (including phenoxy) is 1. The Labute approximate surface area is 246 Å². The molecule has 2 aliphatic rings. The summed E-state index contributed by atoms with van der Waals surface area (Å²) in [6.07, 6.45) is 3.72. The molecule has 2 amide bonds. The van der Waals surface area contributed by atoms with Crippen molar-refractivity contribution in [2.75, 3.05) is 39.4 Å². The minimum absolute atomic E-state index is 0.0242. The number of carbonyl (C=O) groups is 2. The van der Waals surface area contributed by atoms with Crippen LogP contribution in [0.4, 0.5) is 5.69 Å². The number of allylic oxidation sites excluding steroid dienone is 2. The molecule has 0 radical (unpaired) electrons. The molecule has 1 unspecified atom stereocenters. The van der Waals surface area contributed by atoms with E-state index in [-0.39, 0.29) is 18.9 Å². The second-order valence-corrected chi connectivity index (χ2v) is 10.6. The Morgan fingerprint density at radius 3 is 2.40 bits per heavy atom. The van der Waals surface area contributed by atoms with Gasteiger partial charge < -0.3 is 30.3 Å². The van der Waals surface area contributed by atoms with E-state index in [0.717, 1.165) is 67.8 Å². The second-order valence-electron chi connectivity index (χ2n) is 10.6. The van der Waals surface area contributed by atoms with Crippen molar-refractivity contribution < 1.29 is 24.4 Å². The largest absolute Gasteiger partial charge is 0.394 e. The van der Waals surface area contributed by atoms with Gasteiger partial charge in [-0.2, -0.15) is 0 Å². The average Bonchev–Trinajstić information content (AvgIpc) is 3.01. The number of non-ortho nitro benzene ring substituents is 1.